The summed E-state index contributed by atoms with van der Waals surface area (Å²) >= 11 is 1.71. The number of nitrogens with one attached hydrogen (secondary N) is 1. The summed E-state index contributed by atoms with van der Waals surface area (Å²) in [5, 5.41) is 3.38. The van der Waals surface area contributed by atoms with E-state index >= 15 is 0 Å². The molecular formula is C14H21NO2S. The topological polar surface area (TPSA) is 30.5 Å². The first kappa shape index (κ1) is 13.7. The third kappa shape index (κ3) is 4.19. The third-order valence-electron chi connectivity index (χ3n) is 3.00. The van der Waals surface area contributed by atoms with E-state index in [1.165, 1.54) is 17.7 Å². The van der Waals surface area contributed by atoms with E-state index < -0.39 is 0 Å². The van der Waals surface area contributed by atoms with E-state index in [4.69, 9.17) is 9.47 Å². The van der Waals surface area contributed by atoms with Crippen LogP contribution in [-0.4, -0.2) is 38.7 Å². The van der Waals surface area contributed by atoms with Gasteiger partial charge < -0.3 is 14.8 Å². The quantitative estimate of drug-likeness (QED) is 0.607. The van der Waals surface area contributed by atoms with Crippen molar-refractivity contribution in [1.82, 2.24) is 5.32 Å². The molecule has 1 aliphatic heterocycles. The van der Waals surface area contributed by atoms with Gasteiger partial charge in [0.2, 0.25) is 0 Å². The number of ether oxygens (including phenoxy) is 2. The third-order valence-corrected chi connectivity index (χ3v) is 3.78. The van der Waals surface area contributed by atoms with Gasteiger partial charge in [-0.3, -0.25) is 0 Å². The Bertz CT molecular complexity index is 353. The second-order valence-electron chi connectivity index (χ2n) is 4.34. The summed E-state index contributed by atoms with van der Waals surface area (Å²) in [5.41, 5.74) is 0. The maximum atomic E-state index is 5.77. The molecule has 1 aromatic rings. The van der Waals surface area contributed by atoms with E-state index in [-0.39, 0.29) is 0 Å². The van der Waals surface area contributed by atoms with Crippen LogP contribution in [0.5, 0.6) is 5.75 Å². The first-order valence-electron chi connectivity index (χ1n) is 6.48. The molecule has 100 valence electrons. The maximum absolute atomic E-state index is 5.77. The number of rotatable bonds is 7. The van der Waals surface area contributed by atoms with Crippen molar-refractivity contribution < 1.29 is 9.47 Å². The molecule has 0 saturated carbocycles. The molecule has 3 nitrogen and oxygen atoms in total. The molecule has 0 radical (unpaired) electrons. The van der Waals surface area contributed by atoms with E-state index in [9.17, 15) is 0 Å². The predicted octanol–water partition coefficient (Wildman–Crippen LogP) is 2.56. The highest BCUT2D eigenvalue weighted by molar-refractivity contribution is 7.98. The zero-order valence-electron chi connectivity index (χ0n) is 10.9. The Balaban J connectivity index is 1.62. The van der Waals surface area contributed by atoms with Crippen molar-refractivity contribution in [3.8, 4) is 5.75 Å². The molecule has 0 amide bonds. The fraction of sp³-hybridized carbons (Fsp3) is 0.571. The van der Waals surface area contributed by atoms with Gasteiger partial charge in [-0.05, 0) is 31.2 Å². The van der Waals surface area contributed by atoms with E-state index in [2.05, 4.69) is 17.6 Å². The monoisotopic (exact) mass is 267 g/mol. The molecule has 0 aromatic heterocycles. The summed E-state index contributed by atoms with van der Waals surface area (Å²) in [6.07, 6.45) is 4.86. The zero-order chi connectivity index (χ0) is 12.6. The summed E-state index contributed by atoms with van der Waals surface area (Å²) in [5.74, 6) is 0.976. The fourth-order valence-corrected chi connectivity index (χ4v) is 2.58. The Kier molecular flexibility index (Phi) is 5.84. The molecule has 0 bridgehead atoms. The molecule has 1 aromatic carbocycles. The molecule has 1 saturated heterocycles. The molecule has 1 fully saturated rings. The van der Waals surface area contributed by atoms with Crippen molar-refractivity contribution in [1.29, 1.82) is 0 Å². The van der Waals surface area contributed by atoms with Crippen LogP contribution < -0.4 is 10.1 Å². The van der Waals surface area contributed by atoms with Gasteiger partial charge in [0.25, 0.3) is 0 Å². The number of benzene rings is 1. The lowest BCUT2D eigenvalue weighted by Gasteiger charge is -2.12. The van der Waals surface area contributed by atoms with Crippen LogP contribution >= 0.6 is 11.8 Å². The van der Waals surface area contributed by atoms with Crippen molar-refractivity contribution >= 4 is 11.8 Å². The van der Waals surface area contributed by atoms with Gasteiger partial charge >= 0.3 is 0 Å². The van der Waals surface area contributed by atoms with Crippen LogP contribution in [0.4, 0.5) is 0 Å². The van der Waals surface area contributed by atoms with Crippen LogP contribution in [-0.2, 0) is 4.74 Å². The minimum Gasteiger partial charge on any atom is -0.491 e. The molecule has 1 N–H and O–H groups in total. The molecule has 1 atom stereocenters. The Morgan fingerprint density at radius 1 is 1.44 bits per heavy atom. The fourth-order valence-electron chi connectivity index (χ4n) is 2.04. The molecule has 4 heteroatoms. The van der Waals surface area contributed by atoms with E-state index in [1.54, 1.807) is 11.8 Å². The Morgan fingerprint density at radius 3 is 3.11 bits per heavy atom. The average molecular weight is 267 g/mol. The lowest BCUT2D eigenvalue weighted by molar-refractivity contribution is 0.109. The standard InChI is InChI=1S/C14H21NO2S/c1-18-14-7-3-2-6-13(14)17-10-8-15-11-12-5-4-9-16-12/h2-3,6-7,12,15H,4-5,8-11H2,1H3. The summed E-state index contributed by atoms with van der Waals surface area (Å²) < 4.78 is 11.3. The van der Waals surface area contributed by atoms with E-state index in [0.29, 0.717) is 12.7 Å². The molecule has 0 spiro atoms. The highest BCUT2D eigenvalue weighted by Gasteiger charge is 2.14. The predicted molar refractivity (Wildman–Crippen MR) is 75.6 cm³/mol. The van der Waals surface area contributed by atoms with Crippen LogP contribution in [0.15, 0.2) is 29.2 Å². The summed E-state index contributed by atoms with van der Waals surface area (Å²) in [7, 11) is 0. The van der Waals surface area contributed by atoms with E-state index in [0.717, 1.165) is 25.4 Å². The van der Waals surface area contributed by atoms with Gasteiger partial charge in [-0.25, -0.2) is 0 Å². The number of hydrogen-bond donors (Lipinski definition) is 1. The largest absolute Gasteiger partial charge is 0.491 e. The van der Waals surface area contributed by atoms with Crippen LogP contribution in [0.25, 0.3) is 0 Å². The molecular weight excluding hydrogens is 246 g/mol. The minimum atomic E-state index is 0.406. The molecule has 1 heterocycles. The van der Waals surface area contributed by atoms with Gasteiger partial charge in [-0.1, -0.05) is 12.1 Å². The highest BCUT2D eigenvalue weighted by atomic mass is 32.2. The van der Waals surface area contributed by atoms with Gasteiger partial charge in [-0.2, -0.15) is 0 Å². The maximum Gasteiger partial charge on any atom is 0.132 e. The molecule has 2 rings (SSSR count). The molecule has 1 unspecified atom stereocenters. The number of hydrogen-bond acceptors (Lipinski definition) is 4. The van der Waals surface area contributed by atoms with Gasteiger partial charge in [0, 0.05) is 24.6 Å². The van der Waals surface area contributed by atoms with E-state index in [1.807, 2.05) is 18.2 Å². The highest BCUT2D eigenvalue weighted by Crippen LogP contribution is 2.26. The first-order valence-corrected chi connectivity index (χ1v) is 7.71. The van der Waals surface area contributed by atoms with Gasteiger partial charge in [0.1, 0.15) is 12.4 Å². The summed E-state index contributed by atoms with van der Waals surface area (Å²) in [6, 6.07) is 8.15. The number of thioether (sulfide) groups is 1. The molecule has 0 aliphatic carbocycles. The van der Waals surface area contributed by atoms with Crippen LogP contribution in [0, 0.1) is 0 Å². The summed E-state index contributed by atoms with van der Waals surface area (Å²) in [6.45, 7) is 3.42. The smallest absolute Gasteiger partial charge is 0.132 e. The normalized spacial score (nSPS) is 19.1. The lowest BCUT2D eigenvalue weighted by atomic mass is 10.2. The lowest BCUT2D eigenvalue weighted by Crippen LogP contribution is -2.29. The van der Waals surface area contributed by atoms with Crippen molar-refractivity contribution in [2.45, 2.75) is 23.8 Å². The van der Waals surface area contributed by atoms with Gasteiger partial charge in [-0.15, -0.1) is 11.8 Å². The van der Waals surface area contributed by atoms with Crippen molar-refractivity contribution in [2.24, 2.45) is 0 Å². The molecule has 18 heavy (non-hydrogen) atoms. The Labute approximate surface area is 113 Å². The molecule has 1 aliphatic rings. The van der Waals surface area contributed by atoms with Crippen LogP contribution in [0.2, 0.25) is 0 Å². The van der Waals surface area contributed by atoms with Crippen LogP contribution in [0.1, 0.15) is 12.8 Å². The first-order chi connectivity index (χ1) is 8.90. The van der Waals surface area contributed by atoms with Gasteiger partial charge in [0.15, 0.2) is 0 Å². The second kappa shape index (κ2) is 7.67. The van der Waals surface area contributed by atoms with Crippen LogP contribution in [0.3, 0.4) is 0 Å². The zero-order valence-corrected chi connectivity index (χ0v) is 11.7. The second-order valence-corrected chi connectivity index (χ2v) is 5.19. The number of para-hydroxylation sites is 1. The SMILES string of the molecule is CSc1ccccc1OCCNCC1CCCO1. The van der Waals surface area contributed by atoms with Crippen molar-refractivity contribution in [3.63, 3.8) is 0 Å². The van der Waals surface area contributed by atoms with Gasteiger partial charge in [0.05, 0.1) is 6.10 Å². The Morgan fingerprint density at radius 2 is 2.33 bits per heavy atom. The van der Waals surface area contributed by atoms with Crippen molar-refractivity contribution in [3.05, 3.63) is 24.3 Å². The summed E-state index contributed by atoms with van der Waals surface area (Å²) in [4.78, 5) is 1.19. The Hall–Kier alpha value is -0.710. The average Bonchev–Trinajstić information content (AvgIpc) is 2.92. The minimum absolute atomic E-state index is 0.406. The van der Waals surface area contributed by atoms with Crippen molar-refractivity contribution in [2.75, 3.05) is 32.6 Å².